The van der Waals surface area contributed by atoms with Crippen LogP contribution in [-0.4, -0.2) is 24.2 Å². The van der Waals surface area contributed by atoms with Crippen LogP contribution < -0.4 is 10.5 Å². The van der Waals surface area contributed by atoms with Gasteiger partial charge in [0.1, 0.15) is 11.9 Å². The monoisotopic (exact) mass is 237 g/mol. The van der Waals surface area contributed by atoms with Crippen LogP contribution in [0.3, 0.4) is 0 Å². The maximum atomic E-state index is 5.87. The lowest BCUT2D eigenvalue weighted by Gasteiger charge is -2.26. The lowest BCUT2D eigenvalue weighted by Crippen LogP contribution is -2.31. The molecule has 1 heterocycles. The first-order valence-electron chi connectivity index (χ1n) is 5.84. The summed E-state index contributed by atoms with van der Waals surface area (Å²) in [4.78, 5) is 0. The van der Waals surface area contributed by atoms with Crippen molar-refractivity contribution in [2.24, 2.45) is 5.73 Å². The highest BCUT2D eigenvalue weighted by Crippen LogP contribution is 2.27. The Morgan fingerprint density at radius 1 is 1.50 bits per heavy atom. The molecule has 1 aliphatic rings. The minimum atomic E-state index is 0.421. The van der Waals surface area contributed by atoms with E-state index < -0.39 is 0 Å². The highest BCUT2D eigenvalue weighted by atomic mass is 32.2. The van der Waals surface area contributed by atoms with Gasteiger partial charge in [0, 0.05) is 11.5 Å². The number of ether oxygens (including phenoxy) is 1. The Hall–Kier alpha value is -0.670. The zero-order chi connectivity index (χ0) is 11.4. The van der Waals surface area contributed by atoms with Crippen LogP contribution in [0.5, 0.6) is 5.75 Å². The molecule has 0 aliphatic carbocycles. The van der Waals surface area contributed by atoms with Crippen LogP contribution in [0.2, 0.25) is 0 Å². The fourth-order valence-electron chi connectivity index (χ4n) is 1.79. The second kappa shape index (κ2) is 5.60. The molecule has 0 spiro atoms. The number of rotatable bonds is 5. The van der Waals surface area contributed by atoms with Gasteiger partial charge in [-0.3, -0.25) is 0 Å². The predicted octanol–water partition coefficient (Wildman–Crippen LogP) is 2.63. The molecule has 0 aromatic heterocycles. The number of hydrogen-bond donors (Lipinski definition) is 1. The molecule has 1 fully saturated rings. The fraction of sp³-hybridized carbons (Fsp3) is 0.538. The molecular weight excluding hydrogens is 218 g/mol. The average molecular weight is 237 g/mol. The highest BCUT2D eigenvalue weighted by Gasteiger charge is 2.19. The molecule has 2 N–H and O–H groups in total. The highest BCUT2D eigenvalue weighted by molar-refractivity contribution is 8.00. The van der Waals surface area contributed by atoms with Crippen molar-refractivity contribution in [1.29, 1.82) is 0 Å². The predicted molar refractivity (Wildman–Crippen MR) is 70.3 cm³/mol. The summed E-state index contributed by atoms with van der Waals surface area (Å²) < 4.78 is 5.87. The van der Waals surface area contributed by atoms with Crippen LogP contribution >= 0.6 is 11.8 Å². The molecule has 3 heteroatoms. The van der Waals surface area contributed by atoms with Crippen molar-refractivity contribution in [1.82, 2.24) is 0 Å². The molecule has 16 heavy (non-hydrogen) atoms. The molecule has 0 bridgehead atoms. The fourth-order valence-corrected chi connectivity index (χ4v) is 2.35. The van der Waals surface area contributed by atoms with Gasteiger partial charge in [-0.1, -0.05) is 19.1 Å². The van der Waals surface area contributed by atoms with Crippen molar-refractivity contribution >= 4 is 11.8 Å². The molecular formula is C13H19NOS. The van der Waals surface area contributed by atoms with E-state index in [-0.39, 0.29) is 0 Å². The van der Waals surface area contributed by atoms with Crippen LogP contribution in [0.4, 0.5) is 0 Å². The molecule has 0 saturated carbocycles. The molecule has 1 aromatic rings. The maximum absolute atomic E-state index is 5.87. The van der Waals surface area contributed by atoms with Crippen molar-refractivity contribution in [2.75, 3.05) is 18.1 Å². The van der Waals surface area contributed by atoms with Crippen LogP contribution in [0.1, 0.15) is 24.8 Å². The number of thioether (sulfide) groups is 1. The van der Waals surface area contributed by atoms with Crippen molar-refractivity contribution in [3.63, 3.8) is 0 Å². The van der Waals surface area contributed by atoms with E-state index in [2.05, 4.69) is 25.1 Å². The first-order valence-corrected chi connectivity index (χ1v) is 6.99. The van der Waals surface area contributed by atoms with E-state index in [0.717, 1.165) is 30.2 Å². The lowest BCUT2D eigenvalue weighted by atomic mass is 9.98. The molecule has 2 rings (SSSR count). The molecule has 1 aliphatic heterocycles. The molecule has 0 radical (unpaired) electrons. The van der Waals surface area contributed by atoms with Crippen molar-refractivity contribution in [2.45, 2.75) is 25.4 Å². The number of benzene rings is 1. The summed E-state index contributed by atoms with van der Waals surface area (Å²) in [6.45, 7) is 2.96. The molecule has 1 saturated heterocycles. The Balaban J connectivity index is 2.00. The third-order valence-electron chi connectivity index (χ3n) is 2.94. The molecule has 1 aromatic carbocycles. The summed E-state index contributed by atoms with van der Waals surface area (Å²) in [5.74, 6) is 3.78. The van der Waals surface area contributed by atoms with Gasteiger partial charge in [-0.2, -0.15) is 11.8 Å². The first-order chi connectivity index (χ1) is 7.79. The molecule has 2 nitrogen and oxygen atoms in total. The van der Waals surface area contributed by atoms with E-state index in [4.69, 9.17) is 10.5 Å². The summed E-state index contributed by atoms with van der Waals surface area (Å²) >= 11 is 1.94. The first kappa shape index (κ1) is 11.8. The summed E-state index contributed by atoms with van der Waals surface area (Å²) in [5, 5.41) is 0. The largest absolute Gasteiger partial charge is 0.489 e. The van der Waals surface area contributed by atoms with Crippen molar-refractivity contribution < 1.29 is 4.74 Å². The molecule has 88 valence electrons. The summed E-state index contributed by atoms with van der Waals surface area (Å²) in [6.07, 6.45) is 1.45. The zero-order valence-electron chi connectivity index (χ0n) is 9.69. The number of nitrogens with two attached hydrogens (primary N) is 1. The van der Waals surface area contributed by atoms with Gasteiger partial charge in [0.25, 0.3) is 0 Å². The van der Waals surface area contributed by atoms with Crippen LogP contribution in [0.25, 0.3) is 0 Å². The van der Waals surface area contributed by atoms with Gasteiger partial charge in [0.2, 0.25) is 0 Å². The zero-order valence-corrected chi connectivity index (χ0v) is 10.5. The van der Waals surface area contributed by atoms with E-state index in [1.807, 2.05) is 17.8 Å². The Morgan fingerprint density at radius 2 is 2.31 bits per heavy atom. The van der Waals surface area contributed by atoms with Crippen LogP contribution in [-0.2, 0) is 0 Å². The summed E-state index contributed by atoms with van der Waals surface area (Å²) in [7, 11) is 0. The number of hydrogen-bond acceptors (Lipinski definition) is 3. The summed E-state index contributed by atoms with van der Waals surface area (Å²) in [5.41, 5.74) is 6.91. The Labute approximate surface area is 102 Å². The molecule has 1 unspecified atom stereocenters. The average Bonchev–Trinajstić information content (AvgIpc) is 2.24. The quantitative estimate of drug-likeness (QED) is 0.855. The molecule has 0 amide bonds. The van der Waals surface area contributed by atoms with Gasteiger partial charge >= 0.3 is 0 Å². The second-order valence-corrected chi connectivity index (χ2v) is 5.40. The third kappa shape index (κ3) is 2.92. The van der Waals surface area contributed by atoms with Gasteiger partial charge in [-0.25, -0.2) is 0 Å². The summed E-state index contributed by atoms with van der Waals surface area (Å²) in [6, 6.07) is 8.43. The standard InChI is InChI=1S/C13H19NOS/c1-10(5-6-14)11-3-2-4-12(7-11)15-13-8-16-9-13/h2-4,7,10,13H,5-6,8-9,14H2,1H3. The van der Waals surface area contributed by atoms with E-state index in [9.17, 15) is 0 Å². The smallest absolute Gasteiger partial charge is 0.120 e. The topological polar surface area (TPSA) is 35.2 Å². The van der Waals surface area contributed by atoms with Gasteiger partial charge in [0.15, 0.2) is 0 Å². The third-order valence-corrected chi connectivity index (χ3v) is 4.15. The van der Waals surface area contributed by atoms with Crippen molar-refractivity contribution in [3.8, 4) is 5.75 Å². The SMILES string of the molecule is CC(CCN)c1cccc(OC2CSC2)c1. The van der Waals surface area contributed by atoms with Gasteiger partial charge in [-0.05, 0) is 36.6 Å². The van der Waals surface area contributed by atoms with E-state index in [1.165, 1.54) is 5.56 Å². The Morgan fingerprint density at radius 3 is 2.94 bits per heavy atom. The lowest BCUT2D eigenvalue weighted by molar-refractivity contribution is 0.240. The second-order valence-electron chi connectivity index (χ2n) is 4.33. The minimum absolute atomic E-state index is 0.421. The van der Waals surface area contributed by atoms with Gasteiger partial charge in [0.05, 0.1) is 0 Å². The van der Waals surface area contributed by atoms with Crippen LogP contribution in [0, 0.1) is 0 Å². The van der Waals surface area contributed by atoms with E-state index in [1.54, 1.807) is 0 Å². The van der Waals surface area contributed by atoms with E-state index in [0.29, 0.717) is 12.0 Å². The van der Waals surface area contributed by atoms with Gasteiger partial charge in [-0.15, -0.1) is 0 Å². The molecule has 1 atom stereocenters. The van der Waals surface area contributed by atoms with Crippen molar-refractivity contribution in [3.05, 3.63) is 29.8 Å². The maximum Gasteiger partial charge on any atom is 0.120 e. The normalized spacial score (nSPS) is 17.9. The Kier molecular flexibility index (Phi) is 4.13. The van der Waals surface area contributed by atoms with Gasteiger partial charge < -0.3 is 10.5 Å². The van der Waals surface area contributed by atoms with Crippen LogP contribution in [0.15, 0.2) is 24.3 Å². The Bertz CT molecular complexity index is 338. The van der Waals surface area contributed by atoms with E-state index >= 15 is 0 Å². The minimum Gasteiger partial charge on any atom is -0.489 e.